The van der Waals surface area contributed by atoms with Crippen LogP contribution in [0.25, 0.3) is 0 Å². The van der Waals surface area contributed by atoms with Crippen molar-refractivity contribution in [2.45, 2.75) is 32.2 Å². The molecule has 1 atom stereocenters. The molecule has 25 heavy (non-hydrogen) atoms. The van der Waals surface area contributed by atoms with Crippen LogP contribution < -0.4 is 16.0 Å². The van der Waals surface area contributed by atoms with Crippen molar-refractivity contribution in [3.63, 3.8) is 0 Å². The number of nitrogens with one attached hydrogen (secondary N) is 3. The second-order valence-corrected chi connectivity index (χ2v) is 6.48. The summed E-state index contributed by atoms with van der Waals surface area (Å²) in [7, 11) is 1.28. The number of rotatable bonds is 8. The number of carbonyl (C=O) groups is 2. The van der Waals surface area contributed by atoms with Gasteiger partial charge >= 0.3 is 5.97 Å². The predicted molar refractivity (Wildman–Crippen MR) is 102 cm³/mol. The van der Waals surface area contributed by atoms with E-state index in [-0.39, 0.29) is 23.4 Å². The Bertz CT molecular complexity index is 631. The number of unbranched alkanes of at least 4 members (excludes halogenated alkanes) is 1. The van der Waals surface area contributed by atoms with Gasteiger partial charge in [-0.25, -0.2) is 9.18 Å². The average molecular weight is 434 g/mol. The van der Waals surface area contributed by atoms with E-state index in [2.05, 4.69) is 36.6 Å². The summed E-state index contributed by atoms with van der Waals surface area (Å²) >= 11 is 8.31. The molecule has 0 heterocycles. The van der Waals surface area contributed by atoms with Crippen molar-refractivity contribution in [2.24, 2.45) is 0 Å². The van der Waals surface area contributed by atoms with Gasteiger partial charge in [-0.2, -0.15) is 0 Å². The first-order chi connectivity index (χ1) is 11.9. The van der Waals surface area contributed by atoms with E-state index >= 15 is 0 Å². The molecule has 0 saturated carbocycles. The van der Waals surface area contributed by atoms with Gasteiger partial charge in [-0.3, -0.25) is 4.79 Å². The van der Waals surface area contributed by atoms with Gasteiger partial charge in [0.2, 0.25) is 5.91 Å². The highest BCUT2D eigenvalue weighted by Gasteiger charge is 2.20. The summed E-state index contributed by atoms with van der Waals surface area (Å²) in [5.74, 6) is -1.23. The van der Waals surface area contributed by atoms with Crippen molar-refractivity contribution in [1.29, 1.82) is 0 Å². The van der Waals surface area contributed by atoms with E-state index in [0.29, 0.717) is 16.6 Å². The standard InChI is InChI=1S/C16H21BrFN3O3S/c1-3-4-5-13(15(23)24-2)20-14(22)9-19-16(25)21-12-7-6-10(18)8-11(12)17/h6-8,13H,3-5,9H2,1-2H3,(H,20,22)(H2,19,21,25). The van der Waals surface area contributed by atoms with Gasteiger partial charge in [0.05, 0.1) is 19.3 Å². The monoisotopic (exact) mass is 433 g/mol. The van der Waals surface area contributed by atoms with Crippen LogP contribution in [0.2, 0.25) is 0 Å². The van der Waals surface area contributed by atoms with Crippen molar-refractivity contribution in [1.82, 2.24) is 10.6 Å². The molecule has 9 heteroatoms. The van der Waals surface area contributed by atoms with Gasteiger partial charge in [0.25, 0.3) is 0 Å². The number of benzene rings is 1. The summed E-state index contributed by atoms with van der Waals surface area (Å²) in [6, 6.07) is 3.43. The number of esters is 1. The van der Waals surface area contributed by atoms with E-state index in [1.165, 1.54) is 25.3 Å². The quantitative estimate of drug-likeness (QED) is 0.432. The molecule has 1 aromatic carbocycles. The topological polar surface area (TPSA) is 79.5 Å². The van der Waals surface area contributed by atoms with E-state index < -0.39 is 12.0 Å². The summed E-state index contributed by atoms with van der Waals surface area (Å²) in [5, 5.41) is 8.40. The van der Waals surface area contributed by atoms with Gasteiger partial charge in [-0.1, -0.05) is 19.8 Å². The van der Waals surface area contributed by atoms with E-state index in [1.807, 2.05) is 6.92 Å². The highest BCUT2D eigenvalue weighted by atomic mass is 79.9. The Hall–Kier alpha value is -1.74. The van der Waals surface area contributed by atoms with Gasteiger partial charge in [-0.05, 0) is 52.8 Å². The molecule has 1 rings (SSSR count). The number of thiocarbonyl (C=S) groups is 1. The molecule has 1 amide bonds. The lowest BCUT2D eigenvalue weighted by Crippen LogP contribution is -2.46. The van der Waals surface area contributed by atoms with Crippen LogP contribution in [0.1, 0.15) is 26.2 Å². The lowest BCUT2D eigenvalue weighted by atomic mass is 10.1. The number of carbonyl (C=O) groups excluding carboxylic acids is 2. The Kier molecular flexibility index (Phi) is 9.36. The van der Waals surface area contributed by atoms with Crippen molar-refractivity contribution in [2.75, 3.05) is 19.0 Å². The fourth-order valence-electron chi connectivity index (χ4n) is 1.96. The second kappa shape index (κ2) is 11.0. The molecular formula is C16H21BrFN3O3S. The molecule has 6 nitrogen and oxygen atoms in total. The van der Waals surface area contributed by atoms with Crippen molar-refractivity contribution in [3.05, 3.63) is 28.5 Å². The average Bonchev–Trinajstić information content (AvgIpc) is 2.58. The molecule has 0 spiro atoms. The minimum absolute atomic E-state index is 0.107. The fourth-order valence-corrected chi connectivity index (χ4v) is 2.59. The largest absolute Gasteiger partial charge is 0.467 e. The highest BCUT2D eigenvalue weighted by molar-refractivity contribution is 9.10. The van der Waals surface area contributed by atoms with Crippen LogP contribution in [0, 0.1) is 5.82 Å². The Labute approximate surface area is 160 Å². The van der Waals surface area contributed by atoms with E-state index in [9.17, 15) is 14.0 Å². The number of ether oxygens (including phenoxy) is 1. The summed E-state index contributed by atoms with van der Waals surface area (Å²) in [5.41, 5.74) is 0.565. The lowest BCUT2D eigenvalue weighted by Gasteiger charge is -2.17. The Balaban J connectivity index is 2.48. The number of hydrogen-bond acceptors (Lipinski definition) is 4. The summed E-state index contributed by atoms with van der Waals surface area (Å²) < 4.78 is 18.2. The number of methoxy groups -OCH3 is 1. The SMILES string of the molecule is CCCCC(NC(=O)CNC(=S)Nc1ccc(F)cc1Br)C(=O)OC. The first-order valence-electron chi connectivity index (χ1n) is 7.74. The van der Waals surface area contributed by atoms with Crippen LogP contribution in [0.3, 0.4) is 0 Å². The van der Waals surface area contributed by atoms with E-state index in [0.717, 1.165) is 12.8 Å². The molecule has 138 valence electrons. The van der Waals surface area contributed by atoms with Crippen LogP contribution in [-0.2, 0) is 14.3 Å². The molecular weight excluding hydrogens is 413 g/mol. The maximum absolute atomic E-state index is 13.0. The second-order valence-electron chi connectivity index (χ2n) is 5.22. The zero-order chi connectivity index (χ0) is 18.8. The van der Waals surface area contributed by atoms with Gasteiger partial charge in [0.1, 0.15) is 11.9 Å². The number of anilines is 1. The zero-order valence-electron chi connectivity index (χ0n) is 14.0. The summed E-state index contributed by atoms with van der Waals surface area (Å²) in [6.07, 6.45) is 2.22. The first-order valence-corrected chi connectivity index (χ1v) is 8.94. The molecule has 1 unspecified atom stereocenters. The van der Waals surface area contributed by atoms with Gasteiger partial charge in [0.15, 0.2) is 5.11 Å². The number of halogens is 2. The van der Waals surface area contributed by atoms with Crippen molar-refractivity contribution in [3.8, 4) is 0 Å². The van der Waals surface area contributed by atoms with Crippen LogP contribution in [-0.4, -0.2) is 36.7 Å². The molecule has 0 aliphatic rings. The highest BCUT2D eigenvalue weighted by Crippen LogP contribution is 2.22. The molecule has 0 radical (unpaired) electrons. The minimum Gasteiger partial charge on any atom is -0.467 e. The van der Waals surface area contributed by atoms with Crippen LogP contribution in [0.4, 0.5) is 10.1 Å². The zero-order valence-corrected chi connectivity index (χ0v) is 16.4. The maximum Gasteiger partial charge on any atom is 0.328 e. The smallest absolute Gasteiger partial charge is 0.328 e. The van der Waals surface area contributed by atoms with Crippen LogP contribution in [0.5, 0.6) is 0 Å². The Morgan fingerprint density at radius 3 is 2.72 bits per heavy atom. The maximum atomic E-state index is 13.0. The molecule has 0 aromatic heterocycles. The first kappa shape index (κ1) is 21.3. The van der Waals surface area contributed by atoms with Crippen LogP contribution >= 0.6 is 28.1 Å². The third-order valence-corrected chi connectivity index (χ3v) is 4.16. The third kappa shape index (κ3) is 7.78. The molecule has 1 aromatic rings. The van der Waals surface area contributed by atoms with Crippen molar-refractivity contribution >= 4 is 50.8 Å². The molecule has 0 fully saturated rings. The summed E-state index contributed by atoms with van der Waals surface area (Å²) in [4.78, 5) is 23.6. The third-order valence-electron chi connectivity index (χ3n) is 3.26. The van der Waals surface area contributed by atoms with Crippen LogP contribution in [0.15, 0.2) is 22.7 Å². The van der Waals surface area contributed by atoms with Gasteiger partial charge in [-0.15, -0.1) is 0 Å². The molecule has 0 saturated heterocycles. The normalized spacial score (nSPS) is 11.4. The Morgan fingerprint density at radius 1 is 1.40 bits per heavy atom. The summed E-state index contributed by atoms with van der Waals surface area (Å²) in [6.45, 7) is 1.89. The molecule has 0 bridgehead atoms. The molecule has 3 N–H and O–H groups in total. The lowest BCUT2D eigenvalue weighted by molar-refractivity contribution is -0.145. The fraction of sp³-hybridized carbons (Fsp3) is 0.438. The van der Waals surface area contributed by atoms with E-state index in [1.54, 1.807) is 0 Å². The van der Waals surface area contributed by atoms with Gasteiger partial charge in [0, 0.05) is 4.47 Å². The Morgan fingerprint density at radius 2 is 2.12 bits per heavy atom. The van der Waals surface area contributed by atoms with E-state index in [4.69, 9.17) is 12.2 Å². The van der Waals surface area contributed by atoms with Crippen molar-refractivity contribution < 1.29 is 18.7 Å². The number of amides is 1. The molecule has 0 aliphatic heterocycles. The predicted octanol–water partition coefficient (Wildman–Crippen LogP) is 2.72. The number of hydrogen-bond donors (Lipinski definition) is 3. The minimum atomic E-state index is -0.674. The molecule has 0 aliphatic carbocycles. The van der Waals surface area contributed by atoms with Gasteiger partial charge < -0.3 is 20.7 Å².